The van der Waals surface area contributed by atoms with Crippen molar-refractivity contribution in [1.29, 1.82) is 0 Å². The van der Waals surface area contributed by atoms with E-state index < -0.39 is 0 Å². The van der Waals surface area contributed by atoms with E-state index >= 15 is 0 Å². The third-order valence-corrected chi connectivity index (χ3v) is 3.82. The number of aromatic nitrogens is 2. The average Bonchev–Trinajstić information content (AvgIpc) is 2.94. The number of aryl methyl sites for hydroxylation is 1. The summed E-state index contributed by atoms with van der Waals surface area (Å²) in [6.07, 6.45) is 3.48. The second-order valence-corrected chi connectivity index (χ2v) is 4.87. The Bertz CT molecular complexity index is 326. The Labute approximate surface area is 101 Å². The number of hydrogen-bond donors (Lipinski definition) is 1. The fraction of sp³-hybridized carbons (Fsp3) is 0.818. The molecule has 90 valence electrons. The summed E-state index contributed by atoms with van der Waals surface area (Å²) in [6.45, 7) is 7.50. The minimum atomic E-state index is 0.609. The fourth-order valence-electron chi connectivity index (χ4n) is 2.12. The van der Waals surface area contributed by atoms with Gasteiger partial charge in [0.1, 0.15) is 5.82 Å². The van der Waals surface area contributed by atoms with Gasteiger partial charge in [0.05, 0.1) is 0 Å². The summed E-state index contributed by atoms with van der Waals surface area (Å²) in [5.74, 6) is 0.981. The molecule has 1 aromatic heterocycles. The molecule has 1 fully saturated rings. The topological polar surface area (TPSA) is 41.0 Å². The van der Waals surface area contributed by atoms with Crippen LogP contribution in [-0.4, -0.2) is 35.0 Å². The quantitative estimate of drug-likeness (QED) is 0.850. The third-order valence-electron chi connectivity index (χ3n) is 3.03. The van der Waals surface area contributed by atoms with Crippen molar-refractivity contribution in [3.63, 3.8) is 0 Å². The lowest BCUT2D eigenvalue weighted by Crippen LogP contribution is -2.37. The number of nitrogens with zero attached hydrogens (tertiary/aromatic N) is 3. The molecule has 0 aliphatic carbocycles. The normalized spacial score (nSPS) is 20.6. The molecule has 0 amide bonds. The van der Waals surface area contributed by atoms with Crippen LogP contribution in [0.1, 0.15) is 32.5 Å². The van der Waals surface area contributed by atoms with Gasteiger partial charge in [-0.15, -0.1) is 0 Å². The molecule has 1 unspecified atom stereocenters. The van der Waals surface area contributed by atoms with E-state index in [4.69, 9.17) is 0 Å². The largest absolute Gasteiger partial charge is 0.343 e. The van der Waals surface area contributed by atoms with Crippen molar-refractivity contribution in [2.45, 2.75) is 39.2 Å². The summed E-state index contributed by atoms with van der Waals surface area (Å²) >= 11 is 1.55. The maximum atomic E-state index is 4.57. The van der Waals surface area contributed by atoms with Crippen molar-refractivity contribution in [1.82, 2.24) is 14.7 Å². The Morgan fingerprint density at radius 1 is 1.50 bits per heavy atom. The van der Waals surface area contributed by atoms with Crippen LogP contribution in [-0.2, 0) is 6.42 Å². The molecule has 0 saturated carbocycles. The zero-order chi connectivity index (χ0) is 11.4. The minimum Gasteiger partial charge on any atom is -0.343 e. The van der Waals surface area contributed by atoms with E-state index in [-0.39, 0.29) is 0 Å². The Balaban J connectivity index is 2.01. The van der Waals surface area contributed by atoms with Crippen LogP contribution in [0.5, 0.6) is 0 Å². The molecule has 1 N–H and O–H groups in total. The highest BCUT2D eigenvalue weighted by molar-refractivity contribution is 7.09. The Morgan fingerprint density at radius 3 is 3.06 bits per heavy atom. The Morgan fingerprint density at radius 2 is 2.38 bits per heavy atom. The zero-order valence-electron chi connectivity index (χ0n) is 10.1. The van der Waals surface area contributed by atoms with Crippen molar-refractivity contribution >= 4 is 16.7 Å². The summed E-state index contributed by atoms with van der Waals surface area (Å²) in [5.41, 5.74) is 0. The molecular formula is C11H20N4S. The van der Waals surface area contributed by atoms with E-state index in [0.717, 1.165) is 37.0 Å². The lowest BCUT2D eigenvalue weighted by Gasteiger charge is -2.23. The van der Waals surface area contributed by atoms with Gasteiger partial charge in [0.15, 0.2) is 0 Å². The van der Waals surface area contributed by atoms with Crippen LogP contribution in [0.4, 0.5) is 5.13 Å². The van der Waals surface area contributed by atoms with Gasteiger partial charge >= 0.3 is 0 Å². The van der Waals surface area contributed by atoms with Crippen LogP contribution >= 0.6 is 11.5 Å². The smallest absolute Gasteiger partial charge is 0.205 e. The molecule has 1 aromatic rings. The predicted octanol–water partition coefficient (Wildman–Crippen LogP) is 1.68. The van der Waals surface area contributed by atoms with E-state index in [0.29, 0.717) is 6.04 Å². The summed E-state index contributed by atoms with van der Waals surface area (Å²) in [5, 5.41) is 4.53. The number of nitrogens with one attached hydrogen (secondary N) is 1. The van der Waals surface area contributed by atoms with Gasteiger partial charge in [-0.1, -0.05) is 13.8 Å². The van der Waals surface area contributed by atoms with Crippen LogP contribution in [0.2, 0.25) is 0 Å². The SMILES string of the molecule is CCNCC1CCCN1c1nc(CC)ns1. The van der Waals surface area contributed by atoms with Gasteiger partial charge < -0.3 is 10.2 Å². The van der Waals surface area contributed by atoms with Gasteiger partial charge in [-0.05, 0) is 19.4 Å². The number of anilines is 1. The molecule has 2 heterocycles. The van der Waals surface area contributed by atoms with Crippen molar-refractivity contribution in [3.8, 4) is 0 Å². The van der Waals surface area contributed by atoms with Crippen LogP contribution in [0.15, 0.2) is 0 Å². The van der Waals surface area contributed by atoms with Crippen LogP contribution in [0, 0.1) is 0 Å². The van der Waals surface area contributed by atoms with E-state index in [1.54, 1.807) is 11.5 Å². The highest BCUT2D eigenvalue weighted by Crippen LogP contribution is 2.26. The molecule has 5 heteroatoms. The molecule has 2 rings (SSSR count). The van der Waals surface area contributed by atoms with Gasteiger partial charge in [0, 0.05) is 37.1 Å². The maximum absolute atomic E-state index is 4.57. The first-order valence-corrected chi connectivity index (χ1v) is 6.92. The Hall–Kier alpha value is -0.680. The first-order valence-electron chi connectivity index (χ1n) is 6.15. The van der Waals surface area contributed by atoms with Crippen molar-refractivity contribution in [2.75, 3.05) is 24.5 Å². The zero-order valence-corrected chi connectivity index (χ0v) is 10.9. The summed E-state index contributed by atoms with van der Waals surface area (Å²) < 4.78 is 4.36. The minimum absolute atomic E-state index is 0.609. The second kappa shape index (κ2) is 5.59. The molecule has 1 saturated heterocycles. The van der Waals surface area contributed by atoms with Crippen LogP contribution in [0.3, 0.4) is 0 Å². The highest BCUT2D eigenvalue weighted by Gasteiger charge is 2.26. The molecule has 0 bridgehead atoms. The molecule has 4 nitrogen and oxygen atoms in total. The van der Waals surface area contributed by atoms with Crippen molar-refractivity contribution < 1.29 is 0 Å². The van der Waals surface area contributed by atoms with Gasteiger partial charge in [-0.3, -0.25) is 0 Å². The Kier molecular flexibility index (Phi) is 4.12. The van der Waals surface area contributed by atoms with E-state index in [2.05, 4.69) is 33.4 Å². The standard InChI is InChI=1S/C11H20N4S/c1-3-10-13-11(16-14-10)15-7-5-6-9(15)8-12-4-2/h9,12H,3-8H2,1-2H3. The molecule has 0 spiro atoms. The molecule has 1 aliphatic heterocycles. The van der Waals surface area contributed by atoms with Gasteiger partial charge in [0.2, 0.25) is 5.13 Å². The third kappa shape index (κ3) is 2.52. The fourth-order valence-corrected chi connectivity index (χ4v) is 2.96. The monoisotopic (exact) mass is 240 g/mol. The van der Waals surface area contributed by atoms with Gasteiger partial charge in [-0.2, -0.15) is 4.37 Å². The van der Waals surface area contributed by atoms with Crippen LogP contribution < -0.4 is 10.2 Å². The van der Waals surface area contributed by atoms with Gasteiger partial charge in [-0.25, -0.2) is 4.98 Å². The molecule has 16 heavy (non-hydrogen) atoms. The summed E-state index contributed by atoms with van der Waals surface area (Å²) in [7, 11) is 0. The molecule has 0 aromatic carbocycles. The highest BCUT2D eigenvalue weighted by atomic mass is 32.1. The number of likely N-dealkylation sites (N-methyl/N-ethyl adjacent to an activating group) is 1. The molecule has 1 aliphatic rings. The lowest BCUT2D eigenvalue weighted by molar-refractivity contribution is 0.586. The molecule has 0 radical (unpaired) electrons. The maximum Gasteiger partial charge on any atom is 0.205 e. The molecular weight excluding hydrogens is 220 g/mol. The average molecular weight is 240 g/mol. The van der Waals surface area contributed by atoms with Crippen LogP contribution in [0.25, 0.3) is 0 Å². The predicted molar refractivity (Wildman–Crippen MR) is 68.2 cm³/mol. The first-order chi connectivity index (χ1) is 7.85. The van der Waals surface area contributed by atoms with E-state index in [1.165, 1.54) is 12.8 Å². The van der Waals surface area contributed by atoms with Crippen molar-refractivity contribution in [3.05, 3.63) is 5.82 Å². The van der Waals surface area contributed by atoms with Crippen molar-refractivity contribution in [2.24, 2.45) is 0 Å². The van der Waals surface area contributed by atoms with E-state index in [1.807, 2.05) is 0 Å². The molecule has 1 atom stereocenters. The summed E-state index contributed by atoms with van der Waals surface area (Å²) in [4.78, 5) is 6.99. The lowest BCUT2D eigenvalue weighted by atomic mass is 10.2. The van der Waals surface area contributed by atoms with E-state index in [9.17, 15) is 0 Å². The summed E-state index contributed by atoms with van der Waals surface area (Å²) in [6, 6.07) is 0.609. The second-order valence-electron chi connectivity index (χ2n) is 4.14. The number of hydrogen-bond acceptors (Lipinski definition) is 5. The first kappa shape index (κ1) is 11.8. The van der Waals surface area contributed by atoms with Gasteiger partial charge in [0.25, 0.3) is 0 Å². The number of rotatable bonds is 5.